The second kappa shape index (κ2) is 7.53. The lowest BCUT2D eigenvalue weighted by atomic mass is 10.2. The SMILES string of the molecule is CCCC(=O)N1CCC[C@H]1c1nnc(S(=O)(=O)Cc2ccc(F)cc2)o1. The predicted octanol–water partition coefficient (Wildman–Crippen LogP) is 2.65. The molecule has 1 amide bonds. The molecule has 0 radical (unpaired) electrons. The molecule has 9 heteroatoms. The van der Waals surface area contributed by atoms with Crippen LogP contribution < -0.4 is 0 Å². The summed E-state index contributed by atoms with van der Waals surface area (Å²) in [4.78, 5) is 13.9. The number of carbonyl (C=O) groups is 1. The lowest BCUT2D eigenvalue weighted by Crippen LogP contribution is -2.30. The summed E-state index contributed by atoms with van der Waals surface area (Å²) in [5.41, 5.74) is 0.423. The number of halogens is 1. The van der Waals surface area contributed by atoms with Crippen molar-refractivity contribution in [1.82, 2.24) is 15.1 Å². The average Bonchev–Trinajstić information content (AvgIpc) is 3.26. The highest BCUT2D eigenvalue weighted by atomic mass is 32.2. The Hall–Kier alpha value is -2.29. The third kappa shape index (κ3) is 3.92. The number of nitrogens with zero attached hydrogens (tertiary/aromatic N) is 3. The predicted molar refractivity (Wildman–Crippen MR) is 90.2 cm³/mol. The van der Waals surface area contributed by atoms with Crippen LogP contribution in [-0.4, -0.2) is 36.0 Å². The molecular weight excluding hydrogens is 361 g/mol. The molecular formula is C17H20FN3O4S. The number of aromatic nitrogens is 2. The van der Waals surface area contributed by atoms with Crippen molar-refractivity contribution in [2.75, 3.05) is 6.54 Å². The Labute approximate surface area is 151 Å². The number of amides is 1. The lowest BCUT2D eigenvalue weighted by Gasteiger charge is -2.21. The first-order valence-electron chi connectivity index (χ1n) is 8.51. The summed E-state index contributed by atoms with van der Waals surface area (Å²) in [5, 5.41) is 7.05. The zero-order valence-electron chi connectivity index (χ0n) is 14.4. The Morgan fingerprint density at radius 3 is 2.73 bits per heavy atom. The maximum absolute atomic E-state index is 13.0. The van der Waals surface area contributed by atoms with E-state index >= 15 is 0 Å². The maximum Gasteiger partial charge on any atom is 0.335 e. The van der Waals surface area contributed by atoms with Crippen molar-refractivity contribution in [3.8, 4) is 0 Å². The van der Waals surface area contributed by atoms with E-state index in [1.807, 2.05) is 6.92 Å². The Kier molecular flexibility index (Phi) is 5.36. The Bertz CT molecular complexity index is 880. The third-order valence-electron chi connectivity index (χ3n) is 4.28. The van der Waals surface area contributed by atoms with Crippen LogP contribution in [0.25, 0.3) is 0 Å². The molecule has 0 saturated carbocycles. The Balaban J connectivity index is 1.78. The van der Waals surface area contributed by atoms with Gasteiger partial charge < -0.3 is 9.32 Å². The maximum atomic E-state index is 13.0. The quantitative estimate of drug-likeness (QED) is 0.764. The summed E-state index contributed by atoms with van der Waals surface area (Å²) in [6.07, 6.45) is 2.64. The summed E-state index contributed by atoms with van der Waals surface area (Å²) in [6.45, 7) is 2.53. The topological polar surface area (TPSA) is 93.4 Å². The molecule has 1 atom stereocenters. The highest BCUT2D eigenvalue weighted by molar-refractivity contribution is 7.90. The van der Waals surface area contributed by atoms with E-state index in [1.54, 1.807) is 4.90 Å². The standard InChI is InChI=1S/C17H20FN3O4S/c1-2-4-15(22)21-10-3-5-14(21)16-19-20-17(25-16)26(23,24)11-12-6-8-13(18)9-7-12/h6-9,14H,2-5,10-11H2,1H3/t14-/m0/s1. The smallest absolute Gasteiger partial charge is 0.335 e. The van der Waals surface area contributed by atoms with Crippen molar-refractivity contribution in [3.05, 3.63) is 41.5 Å². The molecule has 3 rings (SSSR count). The monoisotopic (exact) mass is 381 g/mol. The van der Waals surface area contributed by atoms with Crippen LogP contribution in [0.5, 0.6) is 0 Å². The van der Waals surface area contributed by atoms with Crippen LogP contribution in [0.1, 0.15) is 50.1 Å². The van der Waals surface area contributed by atoms with Gasteiger partial charge in [0.05, 0.1) is 5.75 Å². The van der Waals surface area contributed by atoms with Gasteiger partial charge in [0.15, 0.2) is 0 Å². The number of carbonyl (C=O) groups excluding carboxylic acids is 1. The molecule has 1 aromatic heterocycles. The number of hydrogen-bond acceptors (Lipinski definition) is 6. The van der Waals surface area contributed by atoms with Crippen molar-refractivity contribution in [2.45, 2.75) is 49.6 Å². The fourth-order valence-corrected chi connectivity index (χ4v) is 4.15. The van der Waals surface area contributed by atoms with E-state index in [2.05, 4.69) is 10.2 Å². The van der Waals surface area contributed by atoms with Gasteiger partial charge in [-0.1, -0.05) is 24.2 Å². The van der Waals surface area contributed by atoms with Gasteiger partial charge in [-0.2, -0.15) is 0 Å². The van der Waals surface area contributed by atoms with E-state index in [9.17, 15) is 17.6 Å². The number of sulfone groups is 1. The van der Waals surface area contributed by atoms with Crippen molar-refractivity contribution in [2.24, 2.45) is 0 Å². The van der Waals surface area contributed by atoms with E-state index in [0.717, 1.165) is 12.8 Å². The number of hydrogen-bond donors (Lipinski definition) is 0. The van der Waals surface area contributed by atoms with Gasteiger partial charge in [-0.15, -0.1) is 5.10 Å². The van der Waals surface area contributed by atoms with E-state index < -0.39 is 20.9 Å². The van der Waals surface area contributed by atoms with Crippen LogP contribution >= 0.6 is 0 Å². The number of rotatable bonds is 6. The van der Waals surface area contributed by atoms with Gasteiger partial charge in [0.2, 0.25) is 21.6 Å². The summed E-state index contributed by atoms with van der Waals surface area (Å²) >= 11 is 0. The first-order chi connectivity index (χ1) is 12.4. The van der Waals surface area contributed by atoms with Crippen LogP contribution in [0.4, 0.5) is 4.39 Å². The van der Waals surface area contributed by atoms with Crippen LogP contribution in [0.2, 0.25) is 0 Å². The molecule has 0 bridgehead atoms. The van der Waals surface area contributed by atoms with Gasteiger partial charge in [-0.3, -0.25) is 4.79 Å². The van der Waals surface area contributed by atoms with Crippen LogP contribution in [-0.2, 0) is 20.4 Å². The Morgan fingerprint density at radius 1 is 1.31 bits per heavy atom. The van der Waals surface area contributed by atoms with Crippen molar-refractivity contribution < 1.29 is 22.0 Å². The minimum atomic E-state index is -3.85. The summed E-state index contributed by atoms with van der Waals surface area (Å²) in [6, 6.07) is 4.80. The van der Waals surface area contributed by atoms with Crippen LogP contribution in [0, 0.1) is 5.82 Å². The first kappa shape index (κ1) is 18.5. The molecule has 2 aromatic rings. The summed E-state index contributed by atoms with van der Waals surface area (Å²) in [5.74, 6) is -0.657. The second-order valence-electron chi connectivity index (χ2n) is 6.29. The molecule has 1 fully saturated rings. The molecule has 1 aromatic carbocycles. The van der Waals surface area contributed by atoms with Gasteiger partial charge in [-0.05, 0) is 37.0 Å². The molecule has 1 aliphatic rings. The highest BCUT2D eigenvalue weighted by Crippen LogP contribution is 2.32. The van der Waals surface area contributed by atoms with Gasteiger partial charge >= 0.3 is 5.22 Å². The highest BCUT2D eigenvalue weighted by Gasteiger charge is 2.34. The third-order valence-corrected chi connectivity index (χ3v) is 5.69. The van der Waals surface area contributed by atoms with Crippen LogP contribution in [0.15, 0.2) is 33.9 Å². The molecule has 2 heterocycles. The Morgan fingerprint density at radius 2 is 2.04 bits per heavy atom. The van der Waals surface area contributed by atoms with E-state index in [1.165, 1.54) is 24.3 Å². The van der Waals surface area contributed by atoms with Gasteiger partial charge in [0.25, 0.3) is 0 Å². The minimum absolute atomic E-state index is 0.00363. The molecule has 1 aliphatic heterocycles. The second-order valence-corrected chi connectivity index (χ2v) is 8.15. The van der Waals surface area contributed by atoms with Gasteiger partial charge in [-0.25, -0.2) is 12.8 Å². The van der Waals surface area contributed by atoms with E-state index in [4.69, 9.17) is 4.42 Å². The van der Waals surface area contributed by atoms with Crippen molar-refractivity contribution in [1.29, 1.82) is 0 Å². The summed E-state index contributed by atoms with van der Waals surface area (Å²) < 4.78 is 43.3. The molecule has 26 heavy (non-hydrogen) atoms. The van der Waals surface area contributed by atoms with Crippen LogP contribution in [0.3, 0.4) is 0 Å². The molecule has 1 saturated heterocycles. The number of likely N-dealkylation sites (tertiary alicyclic amines) is 1. The van der Waals surface area contributed by atoms with Gasteiger partial charge in [0, 0.05) is 13.0 Å². The average molecular weight is 381 g/mol. The minimum Gasteiger partial charge on any atom is -0.410 e. The molecule has 7 nitrogen and oxygen atoms in total. The first-order valence-corrected chi connectivity index (χ1v) is 10.2. The van der Waals surface area contributed by atoms with Crippen molar-refractivity contribution in [3.63, 3.8) is 0 Å². The fraction of sp³-hybridized carbons (Fsp3) is 0.471. The lowest BCUT2D eigenvalue weighted by molar-refractivity contribution is -0.132. The molecule has 0 unspecified atom stereocenters. The van der Waals surface area contributed by atoms with Gasteiger partial charge in [0.1, 0.15) is 11.9 Å². The van der Waals surface area contributed by atoms with E-state index in [0.29, 0.717) is 24.9 Å². The zero-order chi connectivity index (χ0) is 18.7. The number of benzene rings is 1. The largest absolute Gasteiger partial charge is 0.410 e. The summed E-state index contributed by atoms with van der Waals surface area (Å²) in [7, 11) is -3.85. The molecule has 0 aliphatic carbocycles. The fourth-order valence-electron chi connectivity index (χ4n) is 3.02. The molecule has 140 valence electrons. The normalized spacial score (nSPS) is 17.6. The van der Waals surface area contributed by atoms with Crippen molar-refractivity contribution >= 4 is 15.7 Å². The zero-order valence-corrected chi connectivity index (χ0v) is 15.2. The molecule has 0 spiro atoms. The van der Waals surface area contributed by atoms with E-state index in [-0.39, 0.29) is 23.6 Å². The molecule has 0 N–H and O–H groups in total.